The highest BCUT2D eigenvalue weighted by molar-refractivity contribution is 5.95. The van der Waals surface area contributed by atoms with E-state index >= 15 is 0 Å². The highest BCUT2D eigenvalue weighted by Crippen LogP contribution is 2.16. The fourth-order valence-electron chi connectivity index (χ4n) is 3.59. The minimum absolute atomic E-state index is 0.00438. The van der Waals surface area contributed by atoms with Gasteiger partial charge in [0.1, 0.15) is 0 Å². The van der Waals surface area contributed by atoms with Gasteiger partial charge in [-0.25, -0.2) is 0 Å². The summed E-state index contributed by atoms with van der Waals surface area (Å²) < 4.78 is 0. The average Bonchev–Trinajstić information content (AvgIpc) is 2.65. The molecule has 1 atom stereocenters. The number of pyridine rings is 1. The fourth-order valence-corrected chi connectivity index (χ4v) is 3.59. The maximum absolute atomic E-state index is 12.7. The van der Waals surface area contributed by atoms with Crippen LogP contribution in [0.15, 0.2) is 18.3 Å². The number of carbonyl (C=O) groups excluding carboxylic acids is 4. The third kappa shape index (κ3) is 5.59. The summed E-state index contributed by atoms with van der Waals surface area (Å²) in [6.45, 7) is 9.09. The predicted octanol–water partition coefficient (Wildman–Crippen LogP) is 0.204. The summed E-state index contributed by atoms with van der Waals surface area (Å²) in [5.41, 5.74) is 1.21. The standard InChI is InChI=1S/C22H31N5O4/c1-13(2)20(29)24-19-11-27(12-19)22(31)16-5-6-23-17(8-16)7-14(3)21(30)25-18-9-26(10-18)15(4)28/h5-6,8,13-14,18-19H,7,9-12H2,1-4H3,(H,24,29)(H,25,30). The second-order valence-electron chi connectivity index (χ2n) is 8.84. The van der Waals surface area contributed by atoms with E-state index in [9.17, 15) is 19.2 Å². The van der Waals surface area contributed by atoms with Crippen molar-refractivity contribution < 1.29 is 19.2 Å². The number of hydrogen-bond donors (Lipinski definition) is 2. The van der Waals surface area contributed by atoms with E-state index in [0.717, 1.165) is 0 Å². The van der Waals surface area contributed by atoms with Crippen LogP contribution in [0.4, 0.5) is 0 Å². The van der Waals surface area contributed by atoms with E-state index in [1.54, 1.807) is 28.1 Å². The second-order valence-corrected chi connectivity index (χ2v) is 8.84. The van der Waals surface area contributed by atoms with Crippen molar-refractivity contribution in [1.82, 2.24) is 25.4 Å². The van der Waals surface area contributed by atoms with E-state index < -0.39 is 0 Å². The first-order chi connectivity index (χ1) is 14.6. The fraction of sp³-hybridized carbons (Fsp3) is 0.591. The van der Waals surface area contributed by atoms with Crippen molar-refractivity contribution in [2.45, 2.75) is 46.2 Å². The van der Waals surface area contributed by atoms with Crippen molar-refractivity contribution in [2.24, 2.45) is 11.8 Å². The van der Waals surface area contributed by atoms with Crippen molar-refractivity contribution in [3.63, 3.8) is 0 Å². The number of nitrogens with zero attached hydrogens (tertiary/aromatic N) is 3. The topological polar surface area (TPSA) is 112 Å². The van der Waals surface area contributed by atoms with Gasteiger partial charge in [0.05, 0.1) is 12.1 Å². The Morgan fingerprint density at radius 2 is 1.58 bits per heavy atom. The third-order valence-corrected chi connectivity index (χ3v) is 5.74. The molecule has 0 spiro atoms. The normalized spacial score (nSPS) is 17.6. The van der Waals surface area contributed by atoms with Crippen LogP contribution in [0.2, 0.25) is 0 Å². The Morgan fingerprint density at radius 3 is 2.16 bits per heavy atom. The monoisotopic (exact) mass is 429 g/mol. The Balaban J connectivity index is 1.47. The van der Waals surface area contributed by atoms with E-state index in [1.807, 2.05) is 20.8 Å². The van der Waals surface area contributed by atoms with E-state index in [4.69, 9.17) is 0 Å². The van der Waals surface area contributed by atoms with Crippen molar-refractivity contribution in [2.75, 3.05) is 26.2 Å². The minimum Gasteiger partial charge on any atom is -0.350 e. The largest absolute Gasteiger partial charge is 0.350 e. The molecule has 1 aromatic heterocycles. The molecule has 168 valence electrons. The summed E-state index contributed by atoms with van der Waals surface area (Å²) in [5.74, 6) is -0.563. The molecule has 2 N–H and O–H groups in total. The Kier molecular flexibility index (Phi) is 6.92. The Bertz CT molecular complexity index is 859. The Labute approximate surface area is 182 Å². The van der Waals surface area contributed by atoms with Crippen LogP contribution in [-0.2, 0) is 20.8 Å². The number of likely N-dealkylation sites (tertiary alicyclic amines) is 2. The van der Waals surface area contributed by atoms with Gasteiger partial charge in [-0.3, -0.25) is 24.2 Å². The molecule has 3 rings (SSSR count). The lowest BCUT2D eigenvalue weighted by Gasteiger charge is -2.40. The van der Waals surface area contributed by atoms with Crippen molar-refractivity contribution >= 4 is 23.6 Å². The van der Waals surface area contributed by atoms with Gasteiger partial charge in [0.15, 0.2) is 0 Å². The van der Waals surface area contributed by atoms with Gasteiger partial charge in [0, 0.05) is 68.8 Å². The van der Waals surface area contributed by atoms with E-state index in [-0.39, 0.29) is 47.5 Å². The van der Waals surface area contributed by atoms with Gasteiger partial charge in [0.2, 0.25) is 17.7 Å². The van der Waals surface area contributed by atoms with Crippen LogP contribution in [0, 0.1) is 11.8 Å². The first-order valence-corrected chi connectivity index (χ1v) is 10.7. The highest BCUT2D eigenvalue weighted by atomic mass is 16.2. The molecule has 0 aliphatic carbocycles. The zero-order chi connectivity index (χ0) is 22.7. The van der Waals surface area contributed by atoms with Crippen molar-refractivity contribution in [3.05, 3.63) is 29.6 Å². The SMILES string of the molecule is CC(=O)N1CC(NC(=O)C(C)Cc2cc(C(=O)N3CC(NC(=O)C(C)C)C3)ccn2)C1. The molecule has 9 nitrogen and oxygen atoms in total. The molecule has 1 unspecified atom stereocenters. The second kappa shape index (κ2) is 9.45. The first-order valence-electron chi connectivity index (χ1n) is 10.7. The van der Waals surface area contributed by atoms with Crippen LogP contribution in [0.1, 0.15) is 43.7 Å². The summed E-state index contributed by atoms with van der Waals surface area (Å²) in [4.78, 5) is 55.8. The van der Waals surface area contributed by atoms with Crippen LogP contribution in [0.25, 0.3) is 0 Å². The van der Waals surface area contributed by atoms with Gasteiger partial charge in [0.25, 0.3) is 5.91 Å². The van der Waals surface area contributed by atoms with Crippen LogP contribution < -0.4 is 10.6 Å². The first kappa shape index (κ1) is 22.7. The lowest BCUT2D eigenvalue weighted by Crippen LogP contribution is -2.61. The van der Waals surface area contributed by atoms with Gasteiger partial charge in [-0.15, -0.1) is 0 Å². The summed E-state index contributed by atoms with van der Waals surface area (Å²) in [7, 11) is 0. The Morgan fingerprint density at radius 1 is 1.00 bits per heavy atom. The molecule has 0 radical (unpaired) electrons. The molecule has 31 heavy (non-hydrogen) atoms. The summed E-state index contributed by atoms with van der Waals surface area (Å²) in [5, 5.41) is 5.88. The van der Waals surface area contributed by atoms with Gasteiger partial charge >= 0.3 is 0 Å². The van der Waals surface area contributed by atoms with Crippen LogP contribution in [-0.4, -0.2) is 76.7 Å². The zero-order valence-corrected chi connectivity index (χ0v) is 18.6. The minimum atomic E-state index is -0.302. The molecule has 4 amide bonds. The number of carbonyl (C=O) groups is 4. The lowest BCUT2D eigenvalue weighted by atomic mass is 10.0. The number of aromatic nitrogens is 1. The van der Waals surface area contributed by atoms with Crippen molar-refractivity contribution in [1.29, 1.82) is 0 Å². The van der Waals surface area contributed by atoms with Gasteiger partial charge in [-0.2, -0.15) is 0 Å². The molecule has 2 aliphatic heterocycles. The van der Waals surface area contributed by atoms with Gasteiger partial charge in [-0.05, 0) is 12.1 Å². The zero-order valence-electron chi connectivity index (χ0n) is 18.6. The summed E-state index contributed by atoms with van der Waals surface area (Å²) in [6, 6.07) is 3.39. The number of rotatable bonds is 7. The van der Waals surface area contributed by atoms with Crippen LogP contribution >= 0.6 is 0 Å². The summed E-state index contributed by atoms with van der Waals surface area (Å²) in [6.07, 6.45) is 2.00. The molecule has 2 aliphatic rings. The maximum Gasteiger partial charge on any atom is 0.254 e. The molecule has 2 saturated heterocycles. The van der Waals surface area contributed by atoms with Gasteiger partial charge < -0.3 is 20.4 Å². The number of amides is 4. The number of nitrogens with one attached hydrogen (secondary N) is 2. The summed E-state index contributed by atoms with van der Waals surface area (Å²) >= 11 is 0. The maximum atomic E-state index is 12.7. The quantitative estimate of drug-likeness (QED) is 0.643. The molecule has 3 heterocycles. The molecule has 1 aromatic rings. The molecule has 0 bridgehead atoms. The number of hydrogen-bond acceptors (Lipinski definition) is 5. The van der Waals surface area contributed by atoms with Gasteiger partial charge in [-0.1, -0.05) is 20.8 Å². The molecule has 0 aromatic carbocycles. The lowest BCUT2D eigenvalue weighted by molar-refractivity contribution is -0.136. The van der Waals surface area contributed by atoms with E-state index in [1.165, 1.54) is 6.92 Å². The molecule has 9 heteroatoms. The predicted molar refractivity (Wildman–Crippen MR) is 114 cm³/mol. The van der Waals surface area contributed by atoms with E-state index in [0.29, 0.717) is 43.9 Å². The Hall–Kier alpha value is -2.97. The molecular formula is C22H31N5O4. The molecule has 0 saturated carbocycles. The molecule has 2 fully saturated rings. The average molecular weight is 430 g/mol. The van der Waals surface area contributed by atoms with E-state index in [2.05, 4.69) is 15.6 Å². The van der Waals surface area contributed by atoms with Crippen LogP contribution in [0.5, 0.6) is 0 Å². The van der Waals surface area contributed by atoms with Crippen LogP contribution in [0.3, 0.4) is 0 Å². The smallest absolute Gasteiger partial charge is 0.254 e. The highest BCUT2D eigenvalue weighted by Gasteiger charge is 2.33. The third-order valence-electron chi connectivity index (χ3n) is 5.74. The van der Waals surface area contributed by atoms with Crippen molar-refractivity contribution in [3.8, 4) is 0 Å². The molecular weight excluding hydrogens is 398 g/mol.